The minimum Gasteiger partial charge on any atom is -0.497 e. The Hall–Kier alpha value is -2.77. The first-order chi connectivity index (χ1) is 15.1. The highest BCUT2D eigenvalue weighted by Crippen LogP contribution is 2.25. The average Bonchev–Trinajstić information content (AvgIpc) is 3.18. The van der Waals surface area contributed by atoms with Crippen LogP contribution in [0.5, 0.6) is 5.75 Å². The van der Waals surface area contributed by atoms with Crippen molar-refractivity contribution < 1.29 is 13.9 Å². The molecule has 2 aromatic carbocycles. The molecule has 1 aliphatic rings. The first kappa shape index (κ1) is 21.5. The first-order valence-corrected chi connectivity index (χ1v) is 11.4. The second-order valence-corrected chi connectivity index (χ2v) is 8.56. The molecule has 31 heavy (non-hydrogen) atoms. The van der Waals surface area contributed by atoms with E-state index >= 15 is 0 Å². The van der Waals surface area contributed by atoms with Crippen molar-refractivity contribution >= 4 is 17.7 Å². The molecule has 0 atom stereocenters. The van der Waals surface area contributed by atoms with Crippen LogP contribution in [-0.4, -0.2) is 59.7 Å². The third-order valence-electron chi connectivity index (χ3n) is 5.43. The summed E-state index contributed by atoms with van der Waals surface area (Å²) in [6, 6.07) is 17.8. The maximum Gasteiger partial charge on any atom is 0.233 e. The number of nitrogens with zero attached hydrogens (tertiary/aromatic N) is 3. The molecule has 0 spiro atoms. The smallest absolute Gasteiger partial charge is 0.233 e. The van der Waals surface area contributed by atoms with E-state index < -0.39 is 0 Å². The monoisotopic (exact) mass is 437 g/mol. The third kappa shape index (κ3) is 5.48. The highest BCUT2D eigenvalue weighted by atomic mass is 32.2. The summed E-state index contributed by atoms with van der Waals surface area (Å²) in [6.45, 7) is 5.85. The molecule has 0 bridgehead atoms. The van der Waals surface area contributed by atoms with Crippen molar-refractivity contribution in [3.63, 3.8) is 0 Å². The van der Waals surface area contributed by atoms with Crippen molar-refractivity contribution in [2.24, 2.45) is 0 Å². The van der Waals surface area contributed by atoms with Gasteiger partial charge in [0.1, 0.15) is 11.5 Å². The van der Waals surface area contributed by atoms with E-state index in [-0.39, 0.29) is 5.91 Å². The average molecular weight is 438 g/mol. The standard InChI is InChI=1S/C24H27N3O3S/c1-18-22(25-24(30-18)19-8-10-20(29-2)11-9-19)16-26-12-14-27(15-13-26)23(28)17-31-21-6-4-3-5-7-21/h3-11H,12-17H2,1-2H3. The lowest BCUT2D eigenvalue weighted by atomic mass is 10.2. The lowest BCUT2D eigenvalue weighted by Gasteiger charge is -2.34. The highest BCUT2D eigenvalue weighted by molar-refractivity contribution is 8.00. The van der Waals surface area contributed by atoms with Crippen LogP contribution >= 0.6 is 11.8 Å². The molecule has 6 nitrogen and oxygen atoms in total. The van der Waals surface area contributed by atoms with Crippen LogP contribution in [0.1, 0.15) is 11.5 Å². The Morgan fingerprint density at radius 1 is 1.06 bits per heavy atom. The fraction of sp³-hybridized carbons (Fsp3) is 0.333. The number of oxazole rings is 1. The Bertz CT molecular complexity index is 997. The summed E-state index contributed by atoms with van der Waals surface area (Å²) in [5.41, 5.74) is 1.88. The SMILES string of the molecule is COc1ccc(-c2nc(CN3CCN(C(=O)CSc4ccccc4)CC3)c(C)o2)cc1. The maximum atomic E-state index is 12.5. The van der Waals surface area contributed by atoms with Crippen molar-refractivity contribution in [1.29, 1.82) is 0 Å². The van der Waals surface area contributed by atoms with Crippen LogP contribution in [0.25, 0.3) is 11.5 Å². The van der Waals surface area contributed by atoms with E-state index in [9.17, 15) is 4.79 Å². The van der Waals surface area contributed by atoms with Gasteiger partial charge in [0.2, 0.25) is 11.8 Å². The molecule has 0 saturated carbocycles. The molecule has 0 radical (unpaired) electrons. The highest BCUT2D eigenvalue weighted by Gasteiger charge is 2.23. The van der Waals surface area contributed by atoms with E-state index in [0.29, 0.717) is 11.6 Å². The van der Waals surface area contributed by atoms with Gasteiger partial charge in [0, 0.05) is 43.2 Å². The van der Waals surface area contributed by atoms with Gasteiger partial charge in [-0.2, -0.15) is 0 Å². The lowest BCUT2D eigenvalue weighted by Crippen LogP contribution is -2.48. The van der Waals surface area contributed by atoms with Crippen molar-refractivity contribution in [3.8, 4) is 17.2 Å². The second kappa shape index (κ2) is 10.0. The maximum absolute atomic E-state index is 12.5. The predicted molar refractivity (Wildman–Crippen MR) is 122 cm³/mol. The van der Waals surface area contributed by atoms with Crippen LogP contribution in [0, 0.1) is 6.92 Å². The van der Waals surface area contributed by atoms with Crippen LogP contribution < -0.4 is 4.74 Å². The fourth-order valence-corrected chi connectivity index (χ4v) is 4.37. The topological polar surface area (TPSA) is 58.8 Å². The summed E-state index contributed by atoms with van der Waals surface area (Å²) < 4.78 is 11.1. The van der Waals surface area contributed by atoms with Crippen molar-refractivity contribution in [3.05, 3.63) is 66.1 Å². The molecule has 1 saturated heterocycles. The number of ether oxygens (including phenoxy) is 1. The van der Waals surface area contributed by atoms with Gasteiger partial charge in [-0.25, -0.2) is 4.98 Å². The number of amides is 1. The zero-order valence-electron chi connectivity index (χ0n) is 17.9. The van der Waals surface area contributed by atoms with Gasteiger partial charge < -0.3 is 14.1 Å². The molecule has 1 amide bonds. The van der Waals surface area contributed by atoms with Crippen LogP contribution in [0.4, 0.5) is 0 Å². The molecule has 0 unspecified atom stereocenters. The van der Waals surface area contributed by atoms with Crippen LogP contribution in [0.15, 0.2) is 63.9 Å². The minimum atomic E-state index is 0.202. The molecule has 1 fully saturated rings. The van der Waals surface area contributed by atoms with Gasteiger partial charge in [-0.05, 0) is 43.3 Å². The summed E-state index contributed by atoms with van der Waals surface area (Å²) in [7, 11) is 1.65. The molecule has 0 aliphatic carbocycles. The van der Waals surface area contributed by atoms with E-state index in [1.165, 1.54) is 0 Å². The van der Waals surface area contributed by atoms with Gasteiger partial charge in [0.25, 0.3) is 0 Å². The molecule has 0 N–H and O–H groups in total. The fourth-order valence-electron chi connectivity index (χ4n) is 3.55. The number of rotatable bonds is 7. The number of aromatic nitrogens is 1. The zero-order valence-corrected chi connectivity index (χ0v) is 18.7. The largest absolute Gasteiger partial charge is 0.497 e. The number of carbonyl (C=O) groups is 1. The third-order valence-corrected chi connectivity index (χ3v) is 6.43. The summed E-state index contributed by atoms with van der Waals surface area (Å²) >= 11 is 1.60. The minimum absolute atomic E-state index is 0.202. The van der Waals surface area contributed by atoms with Crippen LogP contribution in [-0.2, 0) is 11.3 Å². The molecular formula is C24H27N3O3S. The molecule has 1 aromatic heterocycles. The first-order valence-electron chi connectivity index (χ1n) is 10.4. The zero-order chi connectivity index (χ0) is 21.6. The molecule has 3 aromatic rings. The van der Waals surface area contributed by atoms with Crippen LogP contribution in [0.2, 0.25) is 0 Å². The normalized spacial score (nSPS) is 14.6. The lowest BCUT2D eigenvalue weighted by molar-refractivity contribution is -0.130. The molecule has 2 heterocycles. The number of carbonyl (C=O) groups excluding carboxylic acids is 1. The molecule has 162 valence electrons. The van der Waals surface area contributed by atoms with Crippen molar-refractivity contribution in [2.45, 2.75) is 18.4 Å². The Morgan fingerprint density at radius 3 is 2.45 bits per heavy atom. The molecule has 1 aliphatic heterocycles. The summed E-state index contributed by atoms with van der Waals surface area (Å²) in [5.74, 6) is 2.96. The van der Waals surface area contributed by atoms with Crippen LogP contribution in [0.3, 0.4) is 0 Å². The van der Waals surface area contributed by atoms with Gasteiger partial charge in [-0.3, -0.25) is 9.69 Å². The predicted octanol–water partition coefficient (Wildman–Crippen LogP) is 4.10. The summed E-state index contributed by atoms with van der Waals surface area (Å²) in [6.07, 6.45) is 0. The summed E-state index contributed by atoms with van der Waals surface area (Å²) in [5, 5.41) is 0. The van der Waals surface area contributed by atoms with E-state index in [0.717, 1.165) is 60.4 Å². The van der Waals surface area contributed by atoms with Crippen molar-refractivity contribution in [1.82, 2.24) is 14.8 Å². The van der Waals surface area contributed by atoms with Gasteiger partial charge in [0.05, 0.1) is 18.6 Å². The number of piperazine rings is 1. The quantitative estimate of drug-likeness (QED) is 0.519. The number of methoxy groups -OCH3 is 1. The number of hydrogen-bond acceptors (Lipinski definition) is 6. The molecule has 4 rings (SSSR count). The molecule has 7 heteroatoms. The van der Waals surface area contributed by atoms with Gasteiger partial charge in [-0.1, -0.05) is 18.2 Å². The van der Waals surface area contributed by atoms with Gasteiger partial charge in [0.15, 0.2) is 0 Å². The van der Waals surface area contributed by atoms with E-state index in [1.807, 2.05) is 66.4 Å². The van der Waals surface area contributed by atoms with E-state index in [1.54, 1.807) is 18.9 Å². The Morgan fingerprint density at radius 2 is 1.77 bits per heavy atom. The summed E-state index contributed by atoms with van der Waals surface area (Å²) in [4.78, 5) is 22.7. The van der Waals surface area contributed by atoms with Crippen molar-refractivity contribution in [2.75, 3.05) is 39.0 Å². The van der Waals surface area contributed by atoms with Gasteiger partial charge >= 0.3 is 0 Å². The number of aryl methyl sites for hydroxylation is 1. The Kier molecular flexibility index (Phi) is 6.94. The Labute approximate surface area is 187 Å². The second-order valence-electron chi connectivity index (χ2n) is 7.51. The Balaban J connectivity index is 1.28. The van der Waals surface area contributed by atoms with E-state index in [4.69, 9.17) is 14.1 Å². The number of benzene rings is 2. The van der Waals surface area contributed by atoms with E-state index in [2.05, 4.69) is 4.90 Å². The molecular weight excluding hydrogens is 410 g/mol. The van der Waals surface area contributed by atoms with Gasteiger partial charge in [-0.15, -0.1) is 11.8 Å². The number of thioether (sulfide) groups is 1. The number of hydrogen-bond donors (Lipinski definition) is 0.